The molecule has 1 aliphatic rings. The van der Waals surface area contributed by atoms with Crippen molar-refractivity contribution in [2.75, 3.05) is 38.2 Å². The molecule has 1 N–H and O–H groups in total. The predicted octanol–water partition coefficient (Wildman–Crippen LogP) is 0.968. The lowest BCUT2D eigenvalue weighted by Crippen LogP contribution is -2.43. The molecule has 0 spiro atoms. The van der Waals surface area contributed by atoms with Gasteiger partial charge in [-0.3, -0.25) is 4.79 Å². The molecule has 1 saturated heterocycles. The average molecular weight is 263 g/mol. The Balaban J connectivity index is 1.91. The molecule has 0 aliphatic carbocycles. The summed E-state index contributed by atoms with van der Waals surface area (Å²) in [5.41, 5.74) is 0.517. The van der Waals surface area contributed by atoms with Crippen LogP contribution in [0.3, 0.4) is 0 Å². The summed E-state index contributed by atoms with van der Waals surface area (Å²) in [5.74, 6) is -0.598. The van der Waals surface area contributed by atoms with Crippen LogP contribution in [0.25, 0.3) is 0 Å². The van der Waals surface area contributed by atoms with E-state index in [1.54, 1.807) is 11.0 Å². The lowest BCUT2D eigenvalue weighted by Gasteiger charge is -2.27. The number of anilines is 1. The van der Waals surface area contributed by atoms with Gasteiger partial charge >= 0.3 is 0 Å². The van der Waals surface area contributed by atoms with Gasteiger partial charge in [-0.2, -0.15) is 5.26 Å². The highest BCUT2D eigenvalue weighted by Gasteiger charge is 2.16. The van der Waals surface area contributed by atoms with E-state index in [0.29, 0.717) is 32.0 Å². The number of morpholine rings is 1. The number of nitriles is 1. The number of rotatable bonds is 3. The van der Waals surface area contributed by atoms with E-state index in [2.05, 4.69) is 5.32 Å². The molecule has 0 radical (unpaired) electrons. The topological polar surface area (TPSA) is 65.4 Å². The van der Waals surface area contributed by atoms with Crippen LogP contribution in [0.2, 0.25) is 0 Å². The van der Waals surface area contributed by atoms with Crippen molar-refractivity contribution in [3.8, 4) is 6.07 Å². The fourth-order valence-corrected chi connectivity index (χ4v) is 1.82. The van der Waals surface area contributed by atoms with Crippen LogP contribution >= 0.6 is 0 Å². The minimum Gasteiger partial charge on any atom is -0.378 e. The van der Waals surface area contributed by atoms with Crippen LogP contribution in [0.15, 0.2) is 18.2 Å². The number of ether oxygens (including phenoxy) is 1. The molecule has 0 bridgehead atoms. The van der Waals surface area contributed by atoms with Crippen molar-refractivity contribution in [2.45, 2.75) is 0 Å². The molecule has 0 saturated carbocycles. The third-order valence-corrected chi connectivity index (χ3v) is 2.89. The quantitative estimate of drug-likeness (QED) is 0.882. The molecule has 1 fully saturated rings. The number of benzene rings is 1. The highest BCUT2D eigenvalue weighted by Crippen LogP contribution is 2.13. The number of halogens is 1. The molecule has 5 nitrogen and oxygen atoms in total. The van der Waals surface area contributed by atoms with Gasteiger partial charge in [-0.05, 0) is 18.2 Å². The summed E-state index contributed by atoms with van der Waals surface area (Å²) < 4.78 is 18.3. The summed E-state index contributed by atoms with van der Waals surface area (Å²) in [6.45, 7) is 2.42. The van der Waals surface area contributed by atoms with E-state index in [1.165, 1.54) is 18.2 Å². The van der Waals surface area contributed by atoms with Crippen LogP contribution in [0.4, 0.5) is 10.1 Å². The van der Waals surface area contributed by atoms with Gasteiger partial charge in [0, 0.05) is 18.8 Å². The summed E-state index contributed by atoms with van der Waals surface area (Å²) in [7, 11) is 0. The van der Waals surface area contributed by atoms with E-state index in [-0.39, 0.29) is 18.0 Å². The van der Waals surface area contributed by atoms with Crippen molar-refractivity contribution in [3.05, 3.63) is 29.6 Å². The van der Waals surface area contributed by atoms with Crippen molar-refractivity contribution >= 4 is 11.6 Å². The Morgan fingerprint density at radius 2 is 2.21 bits per heavy atom. The number of hydrogen-bond acceptors (Lipinski definition) is 4. The van der Waals surface area contributed by atoms with Crippen LogP contribution in [0, 0.1) is 17.1 Å². The van der Waals surface area contributed by atoms with Crippen LogP contribution in [0.1, 0.15) is 5.56 Å². The number of carbonyl (C=O) groups is 1. The van der Waals surface area contributed by atoms with Crippen LogP contribution < -0.4 is 5.32 Å². The molecule has 2 rings (SSSR count). The lowest BCUT2D eigenvalue weighted by atomic mass is 10.2. The molecule has 6 heteroatoms. The first-order valence-electron chi connectivity index (χ1n) is 6.00. The van der Waals surface area contributed by atoms with E-state index in [4.69, 9.17) is 10.00 Å². The number of hydrogen-bond donors (Lipinski definition) is 1. The van der Waals surface area contributed by atoms with Crippen molar-refractivity contribution in [3.63, 3.8) is 0 Å². The fourth-order valence-electron chi connectivity index (χ4n) is 1.82. The predicted molar refractivity (Wildman–Crippen MR) is 67.0 cm³/mol. The zero-order valence-electron chi connectivity index (χ0n) is 10.4. The van der Waals surface area contributed by atoms with Gasteiger partial charge in [0.1, 0.15) is 11.9 Å². The standard InChI is InChI=1S/C13H14FN3O2/c14-12-2-1-11(7-10(12)8-15)16-9-13(18)17-3-5-19-6-4-17/h1-2,7,16H,3-6,9H2. The van der Waals surface area contributed by atoms with Gasteiger partial charge in [0.15, 0.2) is 0 Å². The van der Waals surface area contributed by atoms with Gasteiger partial charge < -0.3 is 15.0 Å². The Bertz CT molecular complexity index is 507. The lowest BCUT2D eigenvalue weighted by molar-refractivity contribution is -0.133. The van der Waals surface area contributed by atoms with Gasteiger partial charge in [-0.25, -0.2) is 4.39 Å². The summed E-state index contributed by atoms with van der Waals surface area (Å²) in [5, 5.41) is 11.6. The Morgan fingerprint density at radius 1 is 1.47 bits per heavy atom. The molecule has 0 aromatic heterocycles. The van der Waals surface area contributed by atoms with E-state index in [0.717, 1.165) is 0 Å². The summed E-state index contributed by atoms with van der Waals surface area (Å²) >= 11 is 0. The smallest absolute Gasteiger partial charge is 0.242 e. The Hall–Kier alpha value is -2.13. The first-order chi connectivity index (χ1) is 9.20. The summed E-state index contributed by atoms with van der Waals surface area (Å²) in [4.78, 5) is 13.6. The zero-order chi connectivity index (χ0) is 13.7. The Labute approximate surface area is 110 Å². The molecule has 1 aromatic rings. The van der Waals surface area contributed by atoms with Crippen molar-refractivity contribution < 1.29 is 13.9 Å². The summed E-state index contributed by atoms with van der Waals surface area (Å²) in [6, 6.07) is 5.86. The Morgan fingerprint density at radius 3 is 2.89 bits per heavy atom. The second kappa shape index (κ2) is 6.16. The largest absolute Gasteiger partial charge is 0.378 e. The zero-order valence-corrected chi connectivity index (χ0v) is 10.4. The third kappa shape index (κ3) is 3.42. The summed E-state index contributed by atoms with van der Waals surface area (Å²) in [6.07, 6.45) is 0. The second-order valence-corrected chi connectivity index (χ2v) is 4.15. The van der Waals surface area contributed by atoms with Crippen LogP contribution in [-0.4, -0.2) is 43.7 Å². The molecular formula is C13H14FN3O2. The molecular weight excluding hydrogens is 249 g/mol. The maximum atomic E-state index is 13.1. The molecule has 1 amide bonds. The highest BCUT2D eigenvalue weighted by molar-refractivity contribution is 5.81. The van der Waals surface area contributed by atoms with Crippen LogP contribution in [-0.2, 0) is 9.53 Å². The van der Waals surface area contributed by atoms with E-state index in [9.17, 15) is 9.18 Å². The van der Waals surface area contributed by atoms with Crippen molar-refractivity contribution in [2.24, 2.45) is 0 Å². The number of carbonyl (C=O) groups excluding carboxylic acids is 1. The van der Waals surface area contributed by atoms with Crippen LogP contribution in [0.5, 0.6) is 0 Å². The first kappa shape index (κ1) is 13.3. The molecule has 1 aliphatic heterocycles. The second-order valence-electron chi connectivity index (χ2n) is 4.15. The van der Waals surface area contributed by atoms with Gasteiger partial charge in [-0.1, -0.05) is 0 Å². The van der Waals surface area contributed by atoms with Gasteiger partial charge in [-0.15, -0.1) is 0 Å². The molecule has 19 heavy (non-hydrogen) atoms. The highest BCUT2D eigenvalue weighted by atomic mass is 19.1. The SMILES string of the molecule is N#Cc1cc(NCC(=O)N2CCOCC2)ccc1F. The van der Waals surface area contributed by atoms with E-state index < -0.39 is 5.82 Å². The third-order valence-electron chi connectivity index (χ3n) is 2.89. The van der Waals surface area contributed by atoms with E-state index in [1.807, 2.05) is 0 Å². The minimum atomic E-state index is -0.562. The van der Waals surface area contributed by atoms with Gasteiger partial charge in [0.05, 0.1) is 25.3 Å². The number of amides is 1. The molecule has 1 aromatic carbocycles. The van der Waals surface area contributed by atoms with Gasteiger partial charge in [0.25, 0.3) is 0 Å². The minimum absolute atomic E-state index is 0.0360. The number of nitrogens with one attached hydrogen (secondary N) is 1. The fraction of sp³-hybridized carbons (Fsp3) is 0.385. The average Bonchev–Trinajstić information content (AvgIpc) is 2.47. The normalized spacial score (nSPS) is 14.8. The molecule has 100 valence electrons. The maximum Gasteiger partial charge on any atom is 0.242 e. The molecule has 1 heterocycles. The number of nitrogens with zero attached hydrogens (tertiary/aromatic N) is 2. The molecule has 0 unspecified atom stereocenters. The van der Waals surface area contributed by atoms with E-state index >= 15 is 0 Å². The van der Waals surface area contributed by atoms with Crippen molar-refractivity contribution in [1.82, 2.24) is 4.90 Å². The van der Waals surface area contributed by atoms with Crippen molar-refractivity contribution in [1.29, 1.82) is 5.26 Å². The monoisotopic (exact) mass is 263 g/mol. The molecule has 0 atom stereocenters. The first-order valence-corrected chi connectivity index (χ1v) is 6.00. The van der Waals surface area contributed by atoms with Gasteiger partial charge in [0.2, 0.25) is 5.91 Å². The maximum absolute atomic E-state index is 13.1. The Kier molecular flexibility index (Phi) is 4.31.